The molecule has 0 saturated heterocycles. The van der Waals surface area contributed by atoms with E-state index < -0.39 is 5.95 Å². The number of pyridine rings is 1. The summed E-state index contributed by atoms with van der Waals surface area (Å²) in [5.74, 6) is 0.240. The Morgan fingerprint density at radius 2 is 2.25 bits per heavy atom. The second-order valence-corrected chi connectivity index (χ2v) is 3.47. The molecular weight excluding hydrogens is 223 g/mol. The highest BCUT2D eigenvalue weighted by Crippen LogP contribution is 2.15. The summed E-state index contributed by atoms with van der Waals surface area (Å²) in [5.41, 5.74) is 0.510. The SMILES string of the molecule is Cc1nc(F)c2ccc(Br)cn12. The van der Waals surface area contributed by atoms with Gasteiger partial charge in [0, 0.05) is 10.7 Å². The molecule has 2 aromatic heterocycles. The van der Waals surface area contributed by atoms with E-state index in [-0.39, 0.29) is 0 Å². The van der Waals surface area contributed by atoms with Gasteiger partial charge in [-0.15, -0.1) is 0 Å². The number of nitrogens with zero attached hydrogens (tertiary/aromatic N) is 2. The Balaban J connectivity index is 2.90. The van der Waals surface area contributed by atoms with Gasteiger partial charge >= 0.3 is 0 Å². The molecule has 2 rings (SSSR count). The van der Waals surface area contributed by atoms with Crippen LogP contribution in [-0.4, -0.2) is 9.38 Å². The van der Waals surface area contributed by atoms with Crippen LogP contribution in [0.5, 0.6) is 0 Å². The Bertz CT molecular complexity index is 436. The van der Waals surface area contributed by atoms with Crippen molar-refractivity contribution in [2.75, 3.05) is 0 Å². The first-order chi connectivity index (χ1) is 5.68. The van der Waals surface area contributed by atoms with Crippen LogP contribution >= 0.6 is 15.9 Å². The van der Waals surface area contributed by atoms with E-state index in [0.29, 0.717) is 11.3 Å². The lowest BCUT2D eigenvalue weighted by Crippen LogP contribution is -1.86. The van der Waals surface area contributed by atoms with Gasteiger partial charge in [0.05, 0.1) is 0 Å². The van der Waals surface area contributed by atoms with E-state index in [1.165, 1.54) is 0 Å². The van der Waals surface area contributed by atoms with E-state index in [2.05, 4.69) is 20.9 Å². The highest BCUT2D eigenvalue weighted by molar-refractivity contribution is 9.10. The van der Waals surface area contributed by atoms with Crippen LogP contribution in [0.1, 0.15) is 5.82 Å². The summed E-state index contributed by atoms with van der Waals surface area (Å²) < 4.78 is 15.6. The molecule has 0 aliphatic heterocycles. The van der Waals surface area contributed by atoms with Crippen molar-refractivity contribution in [3.63, 3.8) is 0 Å². The first-order valence-electron chi connectivity index (χ1n) is 3.48. The molecule has 0 aliphatic rings. The van der Waals surface area contributed by atoms with Gasteiger partial charge in [-0.05, 0) is 35.0 Å². The van der Waals surface area contributed by atoms with Crippen LogP contribution in [-0.2, 0) is 0 Å². The molecule has 0 aromatic carbocycles. The third kappa shape index (κ3) is 1.03. The normalized spacial score (nSPS) is 10.9. The maximum atomic E-state index is 13.0. The summed E-state index contributed by atoms with van der Waals surface area (Å²) in [6.07, 6.45) is 1.79. The quantitative estimate of drug-likeness (QED) is 0.678. The lowest BCUT2D eigenvalue weighted by Gasteiger charge is -1.95. The van der Waals surface area contributed by atoms with Crippen molar-refractivity contribution in [2.45, 2.75) is 6.92 Å². The number of hydrogen-bond donors (Lipinski definition) is 0. The van der Waals surface area contributed by atoms with Crippen molar-refractivity contribution in [2.24, 2.45) is 0 Å². The lowest BCUT2D eigenvalue weighted by molar-refractivity contribution is 0.599. The molecule has 12 heavy (non-hydrogen) atoms. The monoisotopic (exact) mass is 228 g/mol. The Hall–Kier alpha value is -0.900. The Kier molecular flexibility index (Phi) is 1.65. The predicted molar refractivity (Wildman–Crippen MR) is 47.6 cm³/mol. The molecule has 2 heterocycles. The first-order valence-corrected chi connectivity index (χ1v) is 4.27. The molecule has 0 aliphatic carbocycles. The topological polar surface area (TPSA) is 17.3 Å². The number of fused-ring (bicyclic) bond motifs is 1. The minimum absolute atomic E-state index is 0.417. The van der Waals surface area contributed by atoms with Crippen LogP contribution < -0.4 is 0 Å². The third-order valence-corrected chi connectivity index (χ3v) is 2.20. The second-order valence-electron chi connectivity index (χ2n) is 2.55. The largest absolute Gasteiger partial charge is 0.300 e. The molecule has 62 valence electrons. The van der Waals surface area contributed by atoms with E-state index in [0.717, 1.165) is 4.47 Å². The van der Waals surface area contributed by atoms with Crippen molar-refractivity contribution in [1.82, 2.24) is 9.38 Å². The standard InChI is InChI=1S/C8H6BrFN2/c1-5-11-8(10)7-3-2-6(9)4-12(5)7/h2-4H,1H3. The summed E-state index contributed by atoms with van der Waals surface area (Å²) in [7, 11) is 0. The molecule has 2 nitrogen and oxygen atoms in total. The maximum absolute atomic E-state index is 13.0. The van der Waals surface area contributed by atoms with Crippen LogP contribution in [0, 0.1) is 12.9 Å². The van der Waals surface area contributed by atoms with Gasteiger partial charge in [-0.3, -0.25) is 0 Å². The van der Waals surface area contributed by atoms with Crippen LogP contribution in [0.15, 0.2) is 22.8 Å². The van der Waals surface area contributed by atoms with Gasteiger partial charge < -0.3 is 4.40 Å². The fourth-order valence-corrected chi connectivity index (χ4v) is 1.50. The van der Waals surface area contributed by atoms with Gasteiger partial charge in [0.1, 0.15) is 11.3 Å². The third-order valence-electron chi connectivity index (χ3n) is 1.73. The summed E-state index contributed by atoms with van der Waals surface area (Å²) in [6, 6.07) is 3.49. The van der Waals surface area contributed by atoms with E-state index >= 15 is 0 Å². The fourth-order valence-electron chi connectivity index (χ4n) is 1.16. The second kappa shape index (κ2) is 2.55. The molecule has 0 radical (unpaired) electrons. The molecule has 0 unspecified atom stereocenters. The molecule has 0 bridgehead atoms. The molecule has 0 fully saturated rings. The summed E-state index contributed by atoms with van der Waals surface area (Å²) in [6.45, 7) is 1.77. The molecule has 0 saturated carbocycles. The van der Waals surface area contributed by atoms with Gasteiger partial charge in [0.2, 0.25) is 5.95 Å². The highest BCUT2D eigenvalue weighted by atomic mass is 79.9. The summed E-state index contributed by atoms with van der Waals surface area (Å²) in [5, 5.41) is 0. The molecule has 4 heteroatoms. The number of imidazole rings is 1. The van der Waals surface area contributed by atoms with Crippen LogP contribution in [0.2, 0.25) is 0 Å². The average molecular weight is 229 g/mol. The fraction of sp³-hybridized carbons (Fsp3) is 0.125. The van der Waals surface area contributed by atoms with Crippen molar-refractivity contribution < 1.29 is 4.39 Å². The van der Waals surface area contributed by atoms with E-state index in [1.807, 2.05) is 0 Å². The molecule has 0 spiro atoms. The minimum atomic E-state index is -0.417. The van der Waals surface area contributed by atoms with Crippen molar-refractivity contribution in [3.05, 3.63) is 34.6 Å². The van der Waals surface area contributed by atoms with E-state index in [9.17, 15) is 4.39 Å². The maximum Gasteiger partial charge on any atom is 0.238 e. The number of rotatable bonds is 0. The Labute approximate surface area is 77.2 Å². The van der Waals surface area contributed by atoms with Crippen LogP contribution in [0.25, 0.3) is 5.52 Å². The van der Waals surface area contributed by atoms with Gasteiger partial charge in [-0.25, -0.2) is 4.98 Å². The first kappa shape index (κ1) is 7.73. The van der Waals surface area contributed by atoms with Gasteiger partial charge in [-0.1, -0.05) is 0 Å². The van der Waals surface area contributed by atoms with Gasteiger partial charge in [-0.2, -0.15) is 4.39 Å². The summed E-state index contributed by atoms with van der Waals surface area (Å²) >= 11 is 3.30. The highest BCUT2D eigenvalue weighted by Gasteiger charge is 2.06. The van der Waals surface area contributed by atoms with Gasteiger partial charge in [0.15, 0.2) is 0 Å². The molecule has 0 N–H and O–H groups in total. The van der Waals surface area contributed by atoms with Crippen LogP contribution in [0.3, 0.4) is 0 Å². The van der Waals surface area contributed by atoms with E-state index in [4.69, 9.17) is 0 Å². The van der Waals surface area contributed by atoms with Crippen molar-refractivity contribution in [3.8, 4) is 0 Å². The molecule has 2 aromatic rings. The lowest BCUT2D eigenvalue weighted by atomic mass is 10.4. The Morgan fingerprint density at radius 1 is 1.50 bits per heavy atom. The molecule has 0 amide bonds. The zero-order chi connectivity index (χ0) is 8.72. The molecular formula is C8H6BrFN2. The van der Waals surface area contributed by atoms with Crippen molar-refractivity contribution >= 4 is 21.4 Å². The number of hydrogen-bond acceptors (Lipinski definition) is 1. The summed E-state index contributed by atoms with van der Waals surface area (Å²) in [4.78, 5) is 3.71. The smallest absolute Gasteiger partial charge is 0.238 e. The van der Waals surface area contributed by atoms with E-state index in [1.54, 1.807) is 29.7 Å². The zero-order valence-corrected chi connectivity index (χ0v) is 7.97. The average Bonchev–Trinajstić information content (AvgIpc) is 2.28. The molecule has 0 atom stereocenters. The minimum Gasteiger partial charge on any atom is -0.300 e. The number of aryl methyl sites for hydroxylation is 1. The Morgan fingerprint density at radius 3 is 3.00 bits per heavy atom. The van der Waals surface area contributed by atoms with Crippen molar-refractivity contribution in [1.29, 1.82) is 0 Å². The number of aromatic nitrogens is 2. The zero-order valence-electron chi connectivity index (χ0n) is 6.38. The number of halogens is 2. The predicted octanol–water partition coefficient (Wildman–Crippen LogP) is 2.54. The van der Waals surface area contributed by atoms with Gasteiger partial charge in [0.25, 0.3) is 0 Å². The van der Waals surface area contributed by atoms with Crippen LogP contribution in [0.4, 0.5) is 4.39 Å².